The molecule has 1 spiro atoms. The molecule has 0 aliphatic carbocycles. The molecular formula is C22H27N5O5. The molecule has 170 valence electrons. The van der Waals surface area contributed by atoms with E-state index in [1.54, 1.807) is 11.0 Å². The molecule has 2 aromatic rings. The smallest absolute Gasteiger partial charge is 0.290 e. The van der Waals surface area contributed by atoms with Crippen LogP contribution in [0.3, 0.4) is 0 Å². The fraction of sp³-hybridized carbons (Fsp3) is 0.500. The van der Waals surface area contributed by atoms with Crippen LogP contribution in [0, 0.1) is 5.41 Å². The second-order valence-corrected chi connectivity index (χ2v) is 8.44. The lowest BCUT2D eigenvalue weighted by Crippen LogP contribution is -2.43. The van der Waals surface area contributed by atoms with Crippen molar-refractivity contribution >= 4 is 17.7 Å². The summed E-state index contributed by atoms with van der Waals surface area (Å²) >= 11 is 0. The third kappa shape index (κ3) is 4.36. The highest BCUT2D eigenvalue weighted by Gasteiger charge is 2.46. The summed E-state index contributed by atoms with van der Waals surface area (Å²) in [6.07, 6.45) is 6.04. The fourth-order valence-corrected chi connectivity index (χ4v) is 4.61. The van der Waals surface area contributed by atoms with Gasteiger partial charge >= 0.3 is 0 Å². The molecule has 0 aromatic carbocycles. The number of amides is 3. The number of primary amides is 1. The Morgan fingerprint density at radius 3 is 2.81 bits per heavy atom. The van der Waals surface area contributed by atoms with E-state index in [1.807, 2.05) is 6.92 Å². The molecule has 2 aromatic heterocycles. The van der Waals surface area contributed by atoms with E-state index in [9.17, 15) is 14.4 Å². The fourth-order valence-electron chi connectivity index (χ4n) is 4.61. The Balaban J connectivity index is 1.54. The number of carbonyl (C=O) groups is 3. The number of rotatable bonds is 6. The Hall–Kier alpha value is -3.27. The Morgan fingerprint density at radius 2 is 2.09 bits per heavy atom. The third-order valence-electron chi connectivity index (χ3n) is 6.42. The highest BCUT2D eigenvalue weighted by atomic mass is 16.5. The molecule has 10 nitrogen and oxygen atoms in total. The molecule has 0 saturated carbocycles. The second-order valence-electron chi connectivity index (χ2n) is 8.44. The average Bonchev–Trinajstić information content (AvgIpc) is 3.42. The van der Waals surface area contributed by atoms with Crippen molar-refractivity contribution in [2.45, 2.75) is 38.6 Å². The number of carbonyl (C=O) groups excluding carboxylic acids is 3. The number of likely N-dealkylation sites (tertiary alicyclic amines) is 1. The zero-order valence-electron chi connectivity index (χ0n) is 18.0. The normalized spacial score (nSPS) is 19.8. The van der Waals surface area contributed by atoms with Gasteiger partial charge in [-0.3, -0.25) is 19.4 Å². The monoisotopic (exact) mass is 441 g/mol. The zero-order valence-corrected chi connectivity index (χ0v) is 18.0. The van der Waals surface area contributed by atoms with Gasteiger partial charge < -0.3 is 25.2 Å². The number of hydrogen-bond donors (Lipinski definition) is 2. The van der Waals surface area contributed by atoms with Crippen LogP contribution in [0.2, 0.25) is 0 Å². The predicted octanol–water partition coefficient (Wildman–Crippen LogP) is 1.17. The van der Waals surface area contributed by atoms with Gasteiger partial charge in [0, 0.05) is 49.7 Å². The van der Waals surface area contributed by atoms with Crippen LogP contribution in [0.25, 0.3) is 0 Å². The first-order valence-electron chi connectivity index (χ1n) is 10.8. The summed E-state index contributed by atoms with van der Waals surface area (Å²) in [4.78, 5) is 43.3. The van der Waals surface area contributed by atoms with Gasteiger partial charge in [0.1, 0.15) is 5.69 Å². The summed E-state index contributed by atoms with van der Waals surface area (Å²) < 4.78 is 10.6. The molecule has 3 amide bonds. The molecule has 3 N–H and O–H groups in total. The van der Waals surface area contributed by atoms with Crippen molar-refractivity contribution in [3.63, 3.8) is 0 Å². The van der Waals surface area contributed by atoms with Crippen LogP contribution in [-0.4, -0.2) is 65.1 Å². The van der Waals surface area contributed by atoms with E-state index >= 15 is 0 Å². The van der Waals surface area contributed by atoms with Gasteiger partial charge in [-0.25, -0.2) is 0 Å². The lowest BCUT2D eigenvalue weighted by atomic mass is 9.78. The van der Waals surface area contributed by atoms with Crippen LogP contribution in [0.5, 0.6) is 0 Å². The van der Waals surface area contributed by atoms with Crippen LogP contribution in [0.4, 0.5) is 0 Å². The van der Waals surface area contributed by atoms with E-state index in [0.717, 1.165) is 24.8 Å². The maximum absolute atomic E-state index is 13.4. The average molecular weight is 441 g/mol. The predicted molar refractivity (Wildman–Crippen MR) is 113 cm³/mol. The first-order valence-corrected chi connectivity index (χ1v) is 10.8. The van der Waals surface area contributed by atoms with E-state index in [2.05, 4.69) is 15.5 Å². The number of nitrogens with two attached hydrogens (primary N) is 1. The number of aromatic nitrogens is 2. The van der Waals surface area contributed by atoms with Crippen LogP contribution < -0.4 is 11.1 Å². The van der Waals surface area contributed by atoms with Crippen LogP contribution in [0.15, 0.2) is 29.0 Å². The second kappa shape index (κ2) is 9.07. The summed E-state index contributed by atoms with van der Waals surface area (Å²) in [7, 11) is 0. The summed E-state index contributed by atoms with van der Waals surface area (Å²) in [5.41, 5.74) is 6.39. The molecular weight excluding hydrogens is 414 g/mol. The number of pyridine rings is 1. The minimum Gasteiger partial charge on any atom is -0.381 e. The lowest BCUT2D eigenvalue weighted by molar-refractivity contribution is 0.0190. The third-order valence-corrected chi connectivity index (χ3v) is 6.42. The van der Waals surface area contributed by atoms with Crippen LogP contribution in [-0.2, 0) is 11.2 Å². The van der Waals surface area contributed by atoms with Crippen LogP contribution in [0.1, 0.15) is 63.2 Å². The molecule has 1 atom stereocenters. The molecule has 4 rings (SSSR count). The van der Waals surface area contributed by atoms with Crippen LogP contribution >= 0.6 is 0 Å². The van der Waals surface area contributed by atoms with Crippen molar-refractivity contribution < 1.29 is 23.6 Å². The SMILES string of the molecule is CCc1cnoc1C(=O)NCC1CC2(CCOCC2)CN1C(=O)c1ccnc(C(N)=O)c1. The maximum Gasteiger partial charge on any atom is 0.290 e. The molecule has 2 saturated heterocycles. The Kier molecular flexibility index (Phi) is 6.22. The molecule has 0 radical (unpaired) electrons. The standard InChI is InChI=1S/C22H27N5O5/c1-2-14-11-26-32-18(14)20(29)25-12-16-10-22(4-7-31-8-5-22)13-27(16)21(30)15-3-6-24-17(9-15)19(23)28/h3,6,9,11,16H,2,4-5,7-8,10,12-13H2,1H3,(H2,23,28)(H,25,29). The minimum atomic E-state index is -0.690. The number of ether oxygens (including phenoxy) is 1. The van der Waals surface area contributed by atoms with E-state index in [-0.39, 0.29) is 41.3 Å². The molecule has 32 heavy (non-hydrogen) atoms. The van der Waals surface area contributed by atoms with Gasteiger partial charge in [-0.1, -0.05) is 12.1 Å². The minimum absolute atomic E-state index is 0.0399. The maximum atomic E-state index is 13.4. The summed E-state index contributed by atoms with van der Waals surface area (Å²) in [6, 6.07) is 2.78. The van der Waals surface area contributed by atoms with Crippen molar-refractivity contribution in [2.75, 3.05) is 26.3 Å². The number of nitrogens with one attached hydrogen (secondary N) is 1. The van der Waals surface area contributed by atoms with E-state index in [4.69, 9.17) is 15.0 Å². The first-order chi connectivity index (χ1) is 15.4. The highest BCUT2D eigenvalue weighted by Crippen LogP contribution is 2.43. The van der Waals surface area contributed by atoms with Crippen molar-refractivity contribution in [1.29, 1.82) is 0 Å². The zero-order chi connectivity index (χ0) is 22.7. The van der Waals surface area contributed by atoms with Gasteiger partial charge in [-0.2, -0.15) is 0 Å². The van der Waals surface area contributed by atoms with Gasteiger partial charge in [-0.05, 0) is 43.2 Å². The molecule has 2 fully saturated rings. The van der Waals surface area contributed by atoms with Gasteiger partial charge in [0.2, 0.25) is 5.76 Å². The lowest BCUT2D eigenvalue weighted by Gasteiger charge is -2.33. The molecule has 4 heterocycles. The summed E-state index contributed by atoms with van der Waals surface area (Å²) in [5, 5.41) is 6.61. The summed E-state index contributed by atoms with van der Waals surface area (Å²) in [5.74, 6) is -1.06. The summed E-state index contributed by atoms with van der Waals surface area (Å²) in [6.45, 7) is 4.07. The van der Waals surface area contributed by atoms with Crippen molar-refractivity contribution in [3.8, 4) is 0 Å². The number of aryl methyl sites for hydroxylation is 1. The van der Waals surface area contributed by atoms with E-state index in [1.165, 1.54) is 18.5 Å². The van der Waals surface area contributed by atoms with Gasteiger partial charge in [0.05, 0.1) is 6.20 Å². The highest BCUT2D eigenvalue weighted by molar-refractivity contribution is 5.98. The first kappa shape index (κ1) is 21.9. The van der Waals surface area contributed by atoms with Crippen molar-refractivity contribution in [3.05, 3.63) is 47.1 Å². The molecule has 1 unspecified atom stereocenters. The van der Waals surface area contributed by atoms with E-state index < -0.39 is 5.91 Å². The van der Waals surface area contributed by atoms with Crippen molar-refractivity contribution in [2.24, 2.45) is 11.1 Å². The van der Waals surface area contributed by atoms with Gasteiger partial charge in [-0.15, -0.1) is 0 Å². The Labute approximate surface area is 185 Å². The number of nitrogens with zero attached hydrogens (tertiary/aromatic N) is 3. The van der Waals surface area contributed by atoms with E-state index in [0.29, 0.717) is 31.7 Å². The van der Waals surface area contributed by atoms with Crippen molar-refractivity contribution in [1.82, 2.24) is 20.4 Å². The molecule has 2 aliphatic heterocycles. The topological polar surface area (TPSA) is 141 Å². The Bertz CT molecular complexity index is 1010. The quantitative estimate of drug-likeness (QED) is 0.685. The molecule has 2 aliphatic rings. The Morgan fingerprint density at radius 1 is 1.31 bits per heavy atom. The largest absolute Gasteiger partial charge is 0.381 e. The molecule has 10 heteroatoms. The van der Waals surface area contributed by atoms with Gasteiger partial charge in [0.25, 0.3) is 17.7 Å². The molecule has 0 bridgehead atoms. The van der Waals surface area contributed by atoms with Gasteiger partial charge in [0.15, 0.2) is 0 Å². The number of hydrogen-bond acceptors (Lipinski definition) is 7.